The van der Waals surface area contributed by atoms with Crippen LogP contribution in [-0.4, -0.2) is 60.7 Å². The molecule has 16 heteroatoms. The fourth-order valence-corrected chi connectivity index (χ4v) is 3.16. The molecule has 0 spiro atoms. The largest absolute Gasteiger partial charge is 0.508 e. The summed E-state index contributed by atoms with van der Waals surface area (Å²) in [5, 5.41) is 42.3. The Bertz CT molecular complexity index is 1240. The Morgan fingerprint density at radius 1 is 1.18 bits per heavy atom. The number of aliphatic hydroxyl groups excluding tert-OH is 2. The van der Waals surface area contributed by atoms with Gasteiger partial charge in [0.15, 0.2) is 6.23 Å². The first-order chi connectivity index (χ1) is 16.0. The third-order valence-corrected chi connectivity index (χ3v) is 4.94. The van der Waals surface area contributed by atoms with Gasteiger partial charge in [-0.3, -0.25) is 34.6 Å². The Morgan fingerprint density at radius 3 is 2.53 bits per heavy atom. The van der Waals surface area contributed by atoms with Crippen molar-refractivity contribution in [3.05, 3.63) is 76.6 Å². The van der Waals surface area contributed by atoms with Crippen molar-refractivity contribution < 1.29 is 39.1 Å². The Kier molecular flexibility index (Phi) is 7.04. The summed E-state index contributed by atoms with van der Waals surface area (Å²) in [6.45, 7) is 0.157. The van der Waals surface area contributed by atoms with Crippen LogP contribution in [0.2, 0.25) is 0 Å². The Morgan fingerprint density at radius 2 is 1.88 bits per heavy atom. The van der Waals surface area contributed by atoms with Gasteiger partial charge in [0.1, 0.15) is 31.5 Å². The smallest absolute Gasteiger partial charge is 0.431 e. The van der Waals surface area contributed by atoms with E-state index in [1.54, 1.807) is 0 Å². The molecule has 0 radical (unpaired) electrons. The number of hydrogen-bond acceptors (Lipinski definition) is 12. The molecule has 3 N–H and O–H groups in total. The molecule has 1 aliphatic heterocycles. The van der Waals surface area contributed by atoms with Crippen LogP contribution in [0.15, 0.2) is 34.0 Å². The zero-order chi connectivity index (χ0) is 25.2. The molecule has 1 saturated heterocycles. The second kappa shape index (κ2) is 9.77. The number of aromatic amines is 1. The molecule has 182 valence electrons. The second-order valence-corrected chi connectivity index (χ2v) is 7.20. The summed E-state index contributed by atoms with van der Waals surface area (Å²) in [5.74, 6) is 0. The summed E-state index contributed by atoms with van der Waals surface area (Å²) in [5.41, 5.74) is -2.66. The van der Waals surface area contributed by atoms with Crippen LogP contribution in [0.25, 0.3) is 0 Å². The van der Waals surface area contributed by atoms with E-state index >= 15 is 0 Å². The number of nitro benzene ring substituents is 2. The maximum Gasteiger partial charge on any atom is 0.508 e. The zero-order valence-electron chi connectivity index (χ0n) is 17.4. The van der Waals surface area contributed by atoms with Crippen LogP contribution in [0.5, 0.6) is 0 Å². The lowest BCUT2D eigenvalue weighted by Crippen LogP contribution is -2.38. The Labute approximate surface area is 188 Å². The van der Waals surface area contributed by atoms with Gasteiger partial charge in [-0.05, 0) is 13.0 Å². The molecule has 2 unspecified atom stereocenters. The number of rotatable bonds is 7. The molecule has 16 nitrogen and oxygen atoms in total. The third-order valence-electron chi connectivity index (χ3n) is 4.94. The number of nitrogens with one attached hydrogen (secondary N) is 1. The zero-order valence-corrected chi connectivity index (χ0v) is 17.4. The molecule has 1 aromatic carbocycles. The molecule has 1 aromatic heterocycles. The van der Waals surface area contributed by atoms with Crippen molar-refractivity contribution in [2.75, 3.05) is 6.61 Å². The fourth-order valence-electron chi connectivity index (χ4n) is 3.16. The third kappa shape index (κ3) is 5.08. The minimum atomic E-state index is -1.60. The van der Waals surface area contributed by atoms with Crippen LogP contribution in [0.3, 0.4) is 0 Å². The number of nitrogens with zero attached hydrogens (tertiary/aromatic N) is 3. The van der Waals surface area contributed by atoms with E-state index in [-0.39, 0.29) is 11.1 Å². The summed E-state index contributed by atoms with van der Waals surface area (Å²) in [6, 6.07) is 2.77. The lowest BCUT2D eigenvalue weighted by molar-refractivity contribution is -0.394. The van der Waals surface area contributed by atoms with Crippen LogP contribution in [0, 0.1) is 27.2 Å². The molecule has 0 bridgehead atoms. The molecule has 3 rings (SSSR count). The van der Waals surface area contributed by atoms with Crippen molar-refractivity contribution in [2.45, 2.75) is 38.1 Å². The van der Waals surface area contributed by atoms with Gasteiger partial charge in [-0.25, -0.2) is 9.59 Å². The Balaban J connectivity index is 1.61. The SMILES string of the molecule is Cc1cn([C@@H]2O[C@H](COC(=O)OCc3ccc([N+](=O)[O-])cc3[N+](=O)[O-])C(O)C2O)c(=O)[nH]c1=O. The topological polar surface area (TPSA) is 226 Å². The molecule has 1 fully saturated rings. The summed E-state index contributed by atoms with van der Waals surface area (Å²) >= 11 is 0. The van der Waals surface area contributed by atoms with Crippen molar-refractivity contribution in [1.29, 1.82) is 0 Å². The molecule has 4 atom stereocenters. The van der Waals surface area contributed by atoms with Crippen LogP contribution in [0.1, 0.15) is 17.4 Å². The standard InChI is InChI=1S/C18H18N4O12/c1-8-5-20(17(26)19-15(8)25)16-14(24)13(23)12(34-16)7-33-18(27)32-6-9-2-3-10(21(28)29)4-11(9)22(30)31/h2-5,12-14,16,23-24H,6-7H2,1H3,(H,19,25,26)/t12-,13?,14?,16-/m1/s1. The minimum Gasteiger partial charge on any atom is -0.431 e. The van der Waals surface area contributed by atoms with Gasteiger partial charge >= 0.3 is 11.8 Å². The highest BCUT2D eigenvalue weighted by Gasteiger charge is 2.44. The molecule has 1 aliphatic rings. The highest BCUT2D eigenvalue weighted by atomic mass is 16.7. The average Bonchev–Trinajstić information content (AvgIpc) is 3.06. The first-order valence-electron chi connectivity index (χ1n) is 9.54. The molecule has 0 aliphatic carbocycles. The van der Waals surface area contributed by atoms with Crippen LogP contribution >= 0.6 is 0 Å². The van der Waals surface area contributed by atoms with E-state index in [0.717, 1.165) is 29.0 Å². The molecule has 34 heavy (non-hydrogen) atoms. The number of hydrogen-bond donors (Lipinski definition) is 3. The Hall–Kier alpha value is -4.15. The first-order valence-corrected chi connectivity index (χ1v) is 9.54. The van der Waals surface area contributed by atoms with E-state index in [1.165, 1.54) is 6.92 Å². The van der Waals surface area contributed by atoms with E-state index in [1.807, 2.05) is 4.98 Å². The van der Waals surface area contributed by atoms with Crippen molar-refractivity contribution in [1.82, 2.24) is 9.55 Å². The summed E-state index contributed by atoms with van der Waals surface area (Å²) < 4.78 is 15.8. The van der Waals surface area contributed by atoms with Gasteiger partial charge in [0, 0.05) is 17.8 Å². The number of carbonyl (C=O) groups excluding carboxylic acids is 1. The van der Waals surface area contributed by atoms with E-state index in [4.69, 9.17) is 14.2 Å². The quantitative estimate of drug-likeness (QED) is 0.261. The second-order valence-electron chi connectivity index (χ2n) is 7.20. The lowest BCUT2D eigenvalue weighted by Gasteiger charge is -2.17. The lowest BCUT2D eigenvalue weighted by atomic mass is 10.1. The van der Waals surface area contributed by atoms with Gasteiger partial charge in [0.2, 0.25) is 0 Å². The van der Waals surface area contributed by atoms with Gasteiger partial charge in [0.25, 0.3) is 16.9 Å². The molecular weight excluding hydrogens is 464 g/mol. The number of benzene rings is 1. The van der Waals surface area contributed by atoms with Crippen LogP contribution < -0.4 is 11.2 Å². The monoisotopic (exact) mass is 482 g/mol. The number of non-ortho nitro benzene ring substituents is 1. The van der Waals surface area contributed by atoms with Crippen molar-refractivity contribution >= 4 is 17.5 Å². The van der Waals surface area contributed by atoms with Gasteiger partial charge in [0.05, 0.1) is 21.5 Å². The molecule has 2 aromatic rings. The van der Waals surface area contributed by atoms with Gasteiger partial charge in [-0.15, -0.1) is 0 Å². The summed E-state index contributed by atoms with van der Waals surface area (Å²) in [6.07, 6.45) is -6.01. The molecular formula is C18H18N4O12. The van der Waals surface area contributed by atoms with Gasteiger partial charge in [-0.1, -0.05) is 0 Å². The number of aryl methyl sites for hydroxylation is 1. The van der Waals surface area contributed by atoms with E-state index in [9.17, 15) is 44.8 Å². The van der Waals surface area contributed by atoms with Crippen LogP contribution in [0.4, 0.5) is 16.2 Å². The highest BCUT2D eigenvalue weighted by Crippen LogP contribution is 2.29. The van der Waals surface area contributed by atoms with E-state index in [2.05, 4.69) is 0 Å². The van der Waals surface area contributed by atoms with Crippen molar-refractivity contribution in [3.8, 4) is 0 Å². The summed E-state index contributed by atoms with van der Waals surface area (Å²) in [4.78, 5) is 57.6. The number of carbonyl (C=O) groups is 1. The highest BCUT2D eigenvalue weighted by molar-refractivity contribution is 5.60. The number of H-pyrrole nitrogens is 1. The van der Waals surface area contributed by atoms with Crippen LogP contribution in [-0.2, 0) is 20.8 Å². The van der Waals surface area contributed by atoms with E-state index in [0.29, 0.717) is 0 Å². The maximum absolute atomic E-state index is 12.0. The average molecular weight is 482 g/mol. The molecule has 0 amide bonds. The number of ether oxygens (including phenoxy) is 3. The minimum absolute atomic E-state index is 0.131. The maximum atomic E-state index is 12.0. The van der Waals surface area contributed by atoms with Crippen molar-refractivity contribution in [3.63, 3.8) is 0 Å². The van der Waals surface area contributed by atoms with Crippen molar-refractivity contribution in [2.24, 2.45) is 0 Å². The van der Waals surface area contributed by atoms with Gasteiger partial charge in [-0.2, -0.15) is 0 Å². The summed E-state index contributed by atoms with van der Waals surface area (Å²) in [7, 11) is 0. The predicted molar refractivity (Wildman–Crippen MR) is 108 cm³/mol. The number of aromatic nitrogens is 2. The number of nitro groups is 2. The predicted octanol–water partition coefficient (Wildman–Crippen LogP) is -0.366. The normalized spacial score (nSPS) is 21.7. The molecule has 2 heterocycles. The molecule has 0 saturated carbocycles. The van der Waals surface area contributed by atoms with E-state index < -0.39 is 76.4 Å². The van der Waals surface area contributed by atoms with Gasteiger partial charge < -0.3 is 24.4 Å². The fraction of sp³-hybridized carbons (Fsp3) is 0.389. The first kappa shape index (κ1) is 24.5. The number of aliphatic hydroxyl groups is 2.